The van der Waals surface area contributed by atoms with E-state index in [1.807, 2.05) is 24.3 Å². The van der Waals surface area contributed by atoms with Crippen molar-refractivity contribution in [1.29, 1.82) is 0 Å². The topological polar surface area (TPSA) is 85.4 Å². The first-order valence-corrected chi connectivity index (χ1v) is 8.85. The number of para-hydroxylation sites is 1. The summed E-state index contributed by atoms with van der Waals surface area (Å²) in [5.74, 6) is 1.32. The number of amides is 1. The molecule has 0 saturated heterocycles. The number of methoxy groups -OCH3 is 2. The number of nitrogens with zero attached hydrogens (tertiary/aromatic N) is 2. The largest absolute Gasteiger partial charge is 0.493 e. The zero-order valence-electron chi connectivity index (χ0n) is 16.0. The standard InChI is InChI=1S/C21H22N4O3/c1-4-14-7-5-6-8-16(14)25-20-12-17(22-13-23-20)21(26)24-15-9-10-18(27-2)19(11-15)28-3/h5-13H,4H2,1-3H3,(H,24,26)(H,22,23,25). The lowest BCUT2D eigenvalue weighted by molar-refractivity contribution is 0.102. The Morgan fingerprint density at radius 1 is 1.00 bits per heavy atom. The summed E-state index contributed by atoms with van der Waals surface area (Å²) in [6, 6.07) is 14.7. The molecule has 0 aliphatic heterocycles. The van der Waals surface area contributed by atoms with E-state index in [0.29, 0.717) is 23.0 Å². The molecule has 0 unspecified atom stereocenters. The minimum atomic E-state index is -0.346. The van der Waals surface area contributed by atoms with E-state index in [2.05, 4.69) is 27.5 Å². The molecule has 3 rings (SSSR count). The first kappa shape index (κ1) is 19.2. The summed E-state index contributed by atoms with van der Waals surface area (Å²) in [5, 5.41) is 6.05. The molecule has 0 radical (unpaired) electrons. The average Bonchev–Trinajstić information content (AvgIpc) is 2.74. The molecule has 0 aliphatic rings. The molecule has 1 amide bonds. The fourth-order valence-electron chi connectivity index (χ4n) is 2.75. The van der Waals surface area contributed by atoms with Gasteiger partial charge in [-0.3, -0.25) is 4.79 Å². The number of benzene rings is 2. The van der Waals surface area contributed by atoms with Gasteiger partial charge >= 0.3 is 0 Å². The summed E-state index contributed by atoms with van der Waals surface area (Å²) < 4.78 is 10.5. The average molecular weight is 378 g/mol. The van der Waals surface area contributed by atoms with Crippen LogP contribution >= 0.6 is 0 Å². The third-order valence-corrected chi connectivity index (χ3v) is 4.20. The van der Waals surface area contributed by atoms with Crippen LogP contribution in [-0.2, 0) is 6.42 Å². The van der Waals surface area contributed by atoms with Gasteiger partial charge in [0.05, 0.1) is 14.2 Å². The molecule has 144 valence electrons. The number of hydrogen-bond acceptors (Lipinski definition) is 6. The monoisotopic (exact) mass is 378 g/mol. The number of rotatable bonds is 7. The first-order chi connectivity index (χ1) is 13.6. The van der Waals surface area contributed by atoms with Crippen molar-refractivity contribution in [1.82, 2.24) is 9.97 Å². The minimum Gasteiger partial charge on any atom is -0.493 e. The van der Waals surface area contributed by atoms with Crippen LogP contribution in [0.2, 0.25) is 0 Å². The second kappa shape index (κ2) is 8.85. The molecule has 7 heteroatoms. The highest BCUT2D eigenvalue weighted by Gasteiger charge is 2.12. The van der Waals surface area contributed by atoms with Crippen LogP contribution in [0.1, 0.15) is 23.0 Å². The molecule has 7 nitrogen and oxygen atoms in total. The van der Waals surface area contributed by atoms with Gasteiger partial charge in [-0.25, -0.2) is 9.97 Å². The van der Waals surface area contributed by atoms with E-state index in [-0.39, 0.29) is 11.6 Å². The molecule has 2 aromatic carbocycles. The maximum absolute atomic E-state index is 12.6. The Hall–Kier alpha value is -3.61. The Balaban J connectivity index is 1.77. The third kappa shape index (κ3) is 4.37. The third-order valence-electron chi connectivity index (χ3n) is 4.20. The van der Waals surface area contributed by atoms with Gasteiger partial charge in [0, 0.05) is 23.5 Å². The summed E-state index contributed by atoms with van der Waals surface area (Å²) in [6.45, 7) is 2.09. The zero-order chi connectivity index (χ0) is 19.9. The second-order valence-corrected chi connectivity index (χ2v) is 5.95. The number of ether oxygens (including phenoxy) is 2. The van der Waals surface area contributed by atoms with Gasteiger partial charge in [-0.05, 0) is 30.2 Å². The van der Waals surface area contributed by atoms with Crippen LogP contribution in [0.4, 0.5) is 17.2 Å². The highest BCUT2D eigenvalue weighted by atomic mass is 16.5. The fourth-order valence-corrected chi connectivity index (χ4v) is 2.75. The normalized spacial score (nSPS) is 10.2. The van der Waals surface area contributed by atoms with Crippen LogP contribution in [-0.4, -0.2) is 30.1 Å². The smallest absolute Gasteiger partial charge is 0.274 e. The zero-order valence-corrected chi connectivity index (χ0v) is 16.0. The number of carbonyl (C=O) groups excluding carboxylic acids is 1. The number of anilines is 3. The van der Waals surface area contributed by atoms with Gasteiger partial charge in [-0.15, -0.1) is 0 Å². The Kier molecular flexibility index (Phi) is 6.06. The van der Waals surface area contributed by atoms with E-state index < -0.39 is 0 Å². The second-order valence-electron chi connectivity index (χ2n) is 5.95. The summed E-state index contributed by atoms with van der Waals surface area (Å²) in [5.41, 5.74) is 2.95. The number of aromatic nitrogens is 2. The SMILES string of the molecule is CCc1ccccc1Nc1cc(C(=O)Nc2ccc(OC)c(OC)c2)ncn1. The van der Waals surface area contributed by atoms with E-state index in [1.54, 1.807) is 38.5 Å². The molecular formula is C21H22N4O3. The Morgan fingerprint density at radius 3 is 2.54 bits per heavy atom. The highest BCUT2D eigenvalue weighted by molar-refractivity contribution is 6.03. The number of nitrogens with one attached hydrogen (secondary N) is 2. The molecule has 0 bridgehead atoms. The summed E-state index contributed by atoms with van der Waals surface area (Å²) in [6.07, 6.45) is 2.25. The summed E-state index contributed by atoms with van der Waals surface area (Å²) in [7, 11) is 3.10. The van der Waals surface area contributed by atoms with Crippen LogP contribution in [0.5, 0.6) is 11.5 Å². The van der Waals surface area contributed by atoms with Crippen molar-refractivity contribution in [2.45, 2.75) is 13.3 Å². The molecule has 1 aromatic heterocycles. The minimum absolute atomic E-state index is 0.251. The highest BCUT2D eigenvalue weighted by Crippen LogP contribution is 2.30. The molecule has 0 saturated carbocycles. The van der Waals surface area contributed by atoms with Crippen molar-refractivity contribution in [2.75, 3.05) is 24.9 Å². The maximum atomic E-state index is 12.6. The van der Waals surface area contributed by atoms with Gasteiger partial charge in [0.1, 0.15) is 17.8 Å². The lowest BCUT2D eigenvalue weighted by Gasteiger charge is -2.12. The summed E-state index contributed by atoms with van der Waals surface area (Å²) in [4.78, 5) is 20.9. The van der Waals surface area contributed by atoms with Crippen molar-refractivity contribution in [3.05, 3.63) is 66.1 Å². The lowest BCUT2D eigenvalue weighted by atomic mass is 10.1. The van der Waals surface area contributed by atoms with Crippen LogP contribution in [0, 0.1) is 0 Å². The molecular weight excluding hydrogens is 356 g/mol. The van der Waals surface area contributed by atoms with Crippen molar-refractivity contribution in [2.24, 2.45) is 0 Å². The van der Waals surface area contributed by atoms with Crippen molar-refractivity contribution in [3.8, 4) is 11.5 Å². The number of carbonyl (C=O) groups is 1. The number of aryl methyl sites for hydroxylation is 1. The van der Waals surface area contributed by atoms with Gasteiger partial charge in [0.2, 0.25) is 0 Å². The van der Waals surface area contributed by atoms with Gasteiger partial charge in [-0.2, -0.15) is 0 Å². The van der Waals surface area contributed by atoms with Crippen molar-refractivity contribution in [3.63, 3.8) is 0 Å². The van der Waals surface area contributed by atoms with Crippen LogP contribution in [0.25, 0.3) is 0 Å². The van der Waals surface area contributed by atoms with E-state index >= 15 is 0 Å². The van der Waals surface area contributed by atoms with Crippen molar-refractivity contribution >= 4 is 23.1 Å². The maximum Gasteiger partial charge on any atom is 0.274 e. The molecule has 28 heavy (non-hydrogen) atoms. The Bertz CT molecular complexity index is 975. The quantitative estimate of drug-likeness (QED) is 0.645. The van der Waals surface area contributed by atoms with Crippen LogP contribution < -0.4 is 20.1 Å². The van der Waals surface area contributed by atoms with Crippen LogP contribution in [0.3, 0.4) is 0 Å². The molecule has 0 atom stereocenters. The Labute approximate surface area is 163 Å². The van der Waals surface area contributed by atoms with E-state index in [0.717, 1.165) is 17.7 Å². The van der Waals surface area contributed by atoms with Gasteiger partial charge in [-0.1, -0.05) is 25.1 Å². The molecule has 3 aromatic rings. The summed E-state index contributed by atoms with van der Waals surface area (Å²) >= 11 is 0. The molecule has 0 aliphatic carbocycles. The van der Waals surface area contributed by atoms with E-state index in [4.69, 9.17) is 9.47 Å². The fraction of sp³-hybridized carbons (Fsp3) is 0.190. The first-order valence-electron chi connectivity index (χ1n) is 8.85. The lowest BCUT2D eigenvalue weighted by Crippen LogP contribution is -2.14. The molecule has 0 fully saturated rings. The van der Waals surface area contributed by atoms with E-state index in [9.17, 15) is 4.79 Å². The predicted molar refractivity (Wildman–Crippen MR) is 109 cm³/mol. The molecule has 2 N–H and O–H groups in total. The van der Waals surface area contributed by atoms with Gasteiger partial charge in [0.15, 0.2) is 11.5 Å². The molecule has 1 heterocycles. The predicted octanol–water partition coefficient (Wildman–Crippen LogP) is 4.05. The molecule has 0 spiro atoms. The van der Waals surface area contributed by atoms with E-state index in [1.165, 1.54) is 6.33 Å². The van der Waals surface area contributed by atoms with Gasteiger partial charge < -0.3 is 20.1 Å². The number of hydrogen-bond donors (Lipinski definition) is 2. The Morgan fingerprint density at radius 2 is 1.79 bits per heavy atom. The van der Waals surface area contributed by atoms with Crippen LogP contribution in [0.15, 0.2) is 54.9 Å². The van der Waals surface area contributed by atoms with Gasteiger partial charge in [0.25, 0.3) is 5.91 Å². The van der Waals surface area contributed by atoms with Crippen molar-refractivity contribution < 1.29 is 14.3 Å².